The van der Waals surface area contributed by atoms with Gasteiger partial charge in [-0.3, -0.25) is 0 Å². The Morgan fingerprint density at radius 2 is 1.95 bits per heavy atom. The van der Waals surface area contributed by atoms with Crippen LogP contribution in [-0.4, -0.2) is 6.61 Å². The third-order valence-electron chi connectivity index (χ3n) is 3.06. The van der Waals surface area contributed by atoms with Crippen molar-refractivity contribution in [2.24, 2.45) is 0 Å². The monoisotopic (exact) mass is 286 g/mol. The Morgan fingerprint density at radius 3 is 2.50 bits per heavy atom. The number of nitrogen functional groups attached to an aromatic ring is 1. The zero-order chi connectivity index (χ0) is 14.5. The van der Waals surface area contributed by atoms with Gasteiger partial charge in [0.1, 0.15) is 16.8 Å². The number of hydrogen-bond donors (Lipinski definition) is 1. The fourth-order valence-electron chi connectivity index (χ4n) is 2.10. The van der Waals surface area contributed by atoms with Crippen LogP contribution in [0.4, 0.5) is 5.00 Å². The minimum Gasteiger partial charge on any atom is -0.494 e. The van der Waals surface area contributed by atoms with Crippen LogP contribution in [0, 0.1) is 11.3 Å². The summed E-state index contributed by atoms with van der Waals surface area (Å²) in [6.07, 6.45) is 1.86. The summed E-state index contributed by atoms with van der Waals surface area (Å²) in [5, 5.41) is 9.89. The number of aryl methyl sites for hydroxylation is 1. The molecule has 2 rings (SSSR count). The summed E-state index contributed by atoms with van der Waals surface area (Å²) in [7, 11) is 0. The quantitative estimate of drug-likeness (QED) is 0.895. The molecule has 1 aromatic heterocycles. The van der Waals surface area contributed by atoms with Gasteiger partial charge in [-0.2, -0.15) is 5.26 Å². The first-order valence-corrected chi connectivity index (χ1v) is 7.57. The largest absolute Gasteiger partial charge is 0.494 e. The summed E-state index contributed by atoms with van der Waals surface area (Å²) < 4.78 is 5.58. The zero-order valence-electron chi connectivity index (χ0n) is 11.8. The number of nitrogens with two attached hydrogens (primary N) is 1. The number of ether oxygens (including phenoxy) is 1. The van der Waals surface area contributed by atoms with E-state index in [1.807, 2.05) is 24.3 Å². The third-order valence-corrected chi connectivity index (χ3v) is 4.22. The lowest BCUT2D eigenvalue weighted by atomic mass is 10.0. The van der Waals surface area contributed by atoms with Crippen LogP contribution in [0.2, 0.25) is 0 Å². The lowest BCUT2D eigenvalue weighted by Gasteiger charge is -2.07. The van der Waals surface area contributed by atoms with E-state index in [4.69, 9.17) is 10.5 Å². The zero-order valence-corrected chi connectivity index (χ0v) is 12.6. The van der Waals surface area contributed by atoms with E-state index >= 15 is 0 Å². The van der Waals surface area contributed by atoms with Crippen molar-refractivity contribution in [2.75, 3.05) is 12.3 Å². The predicted molar refractivity (Wildman–Crippen MR) is 84.0 cm³/mol. The molecule has 0 aliphatic rings. The van der Waals surface area contributed by atoms with E-state index in [0.717, 1.165) is 34.6 Å². The standard InChI is InChI=1S/C16H18N2OS/c1-3-9-19-12-7-5-11(6-8-12)15-13(10-17)16(18)20-14(15)4-2/h5-8H,3-4,9,18H2,1-2H3. The van der Waals surface area contributed by atoms with E-state index < -0.39 is 0 Å². The molecular weight excluding hydrogens is 268 g/mol. The fraction of sp³-hybridized carbons (Fsp3) is 0.312. The van der Waals surface area contributed by atoms with Crippen LogP contribution in [0.15, 0.2) is 24.3 Å². The molecule has 0 amide bonds. The Morgan fingerprint density at radius 1 is 1.25 bits per heavy atom. The highest BCUT2D eigenvalue weighted by Gasteiger charge is 2.16. The Labute approximate surface area is 123 Å². The van der Waals surface area contributed by atoms with Gasteiger partial charge in [-0.05, 0) is 30.5 Å². The molecule has 0 aliphatic carbocycles. The molecule has 104 valence electrons. The first-order chi connectivity index (χ1) is 9.71. The van der Waals surface area contributed by atoms with Gasteiger partial charge in [-0.15, -0.1) is 11.3 Å². The maximum atomic E-state index is 9.29. The maximum Gasteiger partial charge on any atom is 0.119 e. The van der Waals surface area contributed by atoms with Crippen molar-refractivity contribution in [3.63, 3.8) is 0 Å². The second kappa shape index (κ2) is 6.44. The van der Waals surface area contributed by atoms with Gasteiger partial charge < -0.3 is 10.5 Å². The first-order valence-electron chi connectivity index (χ1n) is 6.75. The number of nitrogens with zero attached hydrogens (tertiary/aromatic N) is 1. The first kappa shape index (κ1) is 14.4. The molecule has 0 saturated carbocycles. The molecular formula is C16H18N2OS. The van der Waals surface area contributed by atoms with Crippen molar-refractivity contribution < 1.29 is 4.74 Å². The Kier molecular flexibility index (Phi) is 4.65. The number of nitriles is 1. The van der Waals surface area contributed by atoms with Crippen LogP contribution < -0.4 is 10.5 Å². The van der Waals surface area contributed by atoms with E-state index in [-0.39, 0.29) is 0 Å². The van der Waals surface area contributed by atoms with Crippen LogP contribution >= 0.6 is 11.3 Å². The van der Waals surface area contributed by atoms with Gasteiger partial charge in [0.2, 0.25) is 0 Å². The van der Waals surface area contributed by atoms with Crippen LogP contribution in [0.5, 0.6) is 5.75 Å². The van der Waals surface area contributed by atoms with Gasteiger partial charge in [-0.25, -0.2) is 0 Å². The summed E-state index contributed by atoms with van der Waals surface area (Å²) in [5.41, 5.74) is 8.52. The SMILES string of the molecule is CCCOc1ccc(-c2c(CC)sc(N)c2C#N)cc1. The molecule has 0 radical (unpaired) electrons. The molecule has 0 bridgehead atoms. The van der Waals surface area contributed by atoms with Crippen LogP contribution in [0.25, 0.3) is 11.1 Å². The lowest BCUT2D eigenvalue weighted by molar-refractivity contribution is 0.317. The molecule has 20 heavy (non-hydrogen) atoms. The van der Waals surface area contributed by atoms with Crippen LogP contribution in [0.1, 0.15) is 30.7 Å². The average Bonchev–Trinajstić information content (AvgIpc) is 2.81. The van der Waals surface area contributed by atoms with Gasteiger partial charge in [0.15, 0.2) is 0 Å². The third kappa shape index (κ3) is 2.78. The van der Waals surface area contributed by atoms with Crippen molar-refractivity contribution in [1.29, 1.82) is 5.26 Å². The Balaban J connectivity index is 2.39. The second-order valence-corrected chi connectivity index (χ2v) is 5.61. The minimum atomic E-state index is 0.592. The van der Waals surface area contributed by atoms with E-state index in [9.17, 15) is 5.26 Å². The van der Waals surface area contributed by atoms with Gasteiger partial charge in [0.25, 0.3) is 0 Å². The predicted octanol–water partition coefficient (Wildman–Crippen LogP) is 4.22. The maximum absolute atomic E-state index is 9.29. The highest BCUT2D eigenvalue weighted by molar-refractivity contribution is 7.16. The molecule has 2 N–H and O–H groups in total. The highest BCUT2D eigenvalue weighted by Crippen LogP contribution is 2.38. The number of benzene rings is 1. The summed E-state index contributed by atoms with van der Waals surface area (Å²) in [6.45, 7) is 4.87. The van der Waals surface area contributed by atoms with Gasteiger partial charge >= 0.3 is 0 Å². The summed E-state index contributed by atoms with van der Waals surface area (Å²) in [5.74, 6) is 0.857. The molecule has 0 atom stereocenters. The molecule has 0 spiro atoms. The number of anilines is 1. The van der Waals surface area contributed by atoms with Crippen molar-refractivity contribution in [3.05, 3.63) is 34.7 Å². The van der Waals surface area contributed by atoms with Crippen molar-refractivity contribution in [1.82, 2.24) is 0 Å². The van der Waals surface area contributed by atoms with Crippen molar-refractivity contribution >= 4 is 16.3 Å². The van der Waals surface area contributed by atoms with E-state index in [1.54, 1.807) is 0 Å². The molecule has 1 heterocycles. The number of rotatable bonds is 5. The molecule has 2 aromatic rings. The average molecular weight is 286 g/mol. The van der Waals surface area contributed by atoms with Gasteiger partial charge in [0.05, 0.1) is 12.2 Å². The van der Waals surface area contributed by atoms with Gasteiger partial charge in [-0.1, -0.05) is 26.0 Å². The summed E-state index contributed by atoms with van der Waals surface area (Å²) >= 11 is 1.50. The second-order valence-electron chi connectivity index (χ2n) is 4.48. The molecule has 0 aliphatic heterocycles. The molecule has 0 unspecified atom stereocenters. The summed E-state index contributed by atoms with van der Waals surface area (Å²) in [6, 6.07) is 10.1. The Hall–Kier alpha value is -1.99. The smallest absolute Gasteiger partial charge is 0.119 e. The van der Waals surface area contributed by atoms with Crippen molar-refractivity contribution in [2.45, 2.75) is 26.7 Å². The lowest BCUT2D eigenvalue weighted by Crippen LogP contribution is -1.94. The molecule has 1 aromatic carbocycles. The highest BCUT2D eigenvalue weighted by atomic mass is 32.1. The number of hydrogen-bond acceptors (Lipinski definition) is 4. The van der Waals surface area contributed by atoms with Gasteiger partial charge in [0, 0.05) is 10.4 Å². The normalized spacial score (nSPS) is 10.2. The molecule has 4 heteroatoms. The van der Waals surface area contributed by atoms with E-state index in [0.29, 0.717) is 17.2 Å². The minimum absolute atomic E-state index is 0.592. The molecule has 0 fully saturated rings. The molecule has 0 saturated heterocycles. The van der Waals surface area contributed by atoms with E-state index in [1.165, 1.54) is 11.3 Å². The van der Waals surface area contributed by atoms with Crippen molar-refractivity contribution in [3.8, 4) is 22.9 Å². The van der Waals surface area contributed by atoms with E-state index in [2.05, 4.69) is 19.9 Å². The summed E-state index contributed by atoms with van der Waals surface area (Å²) in [4.78, 5) is 1.15. The Bertz CT molecular complexity index is 623. The molecule has 3 nitrogen and oxygen atoms in total. The topological polar surface area (TPSA) is 59.0 Å². The number of thiophene rings is 1. The van der Waals surface area contributed by atoms with Crippen LogP contribution in [0.3, 0.4) is 0 Å². The van der Waals surface area contributed by atoms with Crippen LogP contribution in [-0.2, 0) is 6.42 Å². The fourth-order valence-corrected chi connectivity index (χ4v) is 3.08.